The third-order valence-corrected chi connectivity index (χ3v) is 4.04. The van der Waals surface area contributed by atoms with E-state index < -0.39 is 0 Å². The molecular formula is C13H19NO2S. The van der Waals surface area contributed by atoms with Crippen molar-refractivity contribution in [1.82, 2.24) is 5.32 Å². The lowest BCUT2D eigenvalue weighted by Crippen LogP contribution is -2.39. The van der Waals surface area contributed by atoms with Gasteiger partial charge in [-0.15, -0.1) is 11.3 Å². The molecule has 2 atom stereocenters. The number of aryl methyl sites for hydroxylation is 1. The molecular weight excluding hydrogens is 234 g/mol. The van der Waals surface area contributed by atoms with Gasteiger partial charge in [-0.25, -0.2) is 0 Å². The minimum atomic E-state index is -0.0187. The van der Waals surface area contributed by atoms with E-state index in [2.05, 4.69) is 12.2 Å². The minimum absolute atomic E-state index is 0.0187. The quantitative estimate of drug-likeness (QED) is 0.818. The third-order valence-electron chi connectivity index (χ3n) is 3.20. The first-order chi connectivity index (χ1) is 8.24. The van der Waals surface area contributed by atoms with Crippen molar-refractivity contribution in [3.05, 3.63) is 21.9 Å². The van der Waals surface area contributed by atoms with Crippen molar-refractivity contribution in [3.8, 4) is 0 Å². The zero-order chi connectivity index (χ0) is 12.3. The summed E-state index contributed by atoms with van der Waals surface area (Å²) in [6.45, 7) is 6.28. The second-order valence-corrected chi connectivity index (χ2v) is 5.58. The molecule has 1 saturated heterocycles. The first-order valence-corrected chi connectivity index (χ1v) is 7.01. The fourth-order valence-corrected chi connectivity index (χ4v) is 2.89. The molecule has 1 N–H and O–H groups in total. The molecule has 0 spiro atoms. The second kappa shape index (κ2) is 5.76. The smallest absolute Gasteiger partial charge is 0.171 e. The van der Waals surface area contributed by atoms with Crippen molar-refractivity contribution < 1.29 is 9.53 Å². The van der Waals surface area contributed by atoms with Gasteiger partial charge in [0.2, 0.25) is 0 Å². The maximum atomic E-state index is 12.4. The number of carbonyl (C=O) groups excluding carboxylic acids is 1. The summed E-state index contributed by atoms with van der Waals surface area (Å²) in [6, 6.07) is 2.11. The Balaban J connectivity index is 2.06. The number of ether oxygens (including phenoxy) is 1. The van der Waals surface area contributed by atoms with Gasteiger partial charge in [0.1, 0.15) is 0 Å². The number of nitrogens with one attached hydrogen (secondary N) is 1. The zero-order valence-corrected chi connectivity index (χ0v) is 11.2. The summed E-state index contributed by atoms with van der Waals surface area (Å²) in [6.07, 6.45) is 1.08. The molecule has 1 fully saturated rings. The van der Waals surface area contributed by atoms with E-state index in [9.17, 15) is 4.79 Å². The predicted octanol–water partition coefficient (Wildman–Crippen LogP) is 2.25. The van der Waals surface area contributed by atoms with E-state index in [1.54, 1.807) is 11.3 Å². The molecule has 3 nitrogen and oxygen atoms in total. The molecule has 2 rings (SSSR count). The van der Waals surface area contributed by atoms with Crippen molar-refractivity contribution in [2.75, 3.05) is 19.8 Å². The van der Waals surface area contributed by atoms with Crippen LogP contribution in [0.2, 0.25) is 0 Å². The Kier molecular flexibility index (Phi) is 4.31. The first kappa shape index (κ1) is 12.7. The summed E-state index contributed by atoms with van der Waals surface area (Å²) in [5.74, 6) is 0.213. The van der Waals surface area contributed by atoms with E-state index in [-0.39, 0.29) is 17.7 Å². The Morgan fingerprint density at radius 2 is 2.41 bits per heavy atom. The van der Waals surface area contributed by atoms with Crippen LogP contribution < -0.4 is 5.32 Å². The van der Waals surface area contributed by atoms with E-state index in [0.29, 0.717) is 13.2 Å². The lowest BCUT2D eigenvalue weighted by atomic mass is 9.93. The van der Waals surface area contributed by atoms with Crippen molar-refractivity contribution in [2.45, 2.75) is 26.3 Å². The molecule has 2 unspecified atom stereocenters. The van der Waals surface area contributed by atoms with Gasteiger partial charge in [-0.2, -0.15) is 0 Å². The number of hydrogen-bond donors (Lipinski definition) is 1. The largest absolute Gasteiger partial charge is 0.379 e. The molecule has 17 heavy (non-hydrogen) atoms. The zero-order valence-electron chi connectivity index (χ0n) is 10.4. The third kappa shape index (κ3) is 2.76. The molecule has 0 bridgehead atoms. The number of Topliss-reactive ketones (excluding diaryl/α,β-unsaturated/α-hetero) is 1. The monoisotopic (exact) mass is 253 g/mol. The molecule has 1 aromatic rings. The van der Waals surface area contributed by atoms with E-state index in [1.165, 1.54) is 0 Å². The van der Waals surface area contributed by atoms with Crippen LogP contribution in [-0.4, -0.2) is 31.6 Å². The van der Waals surface area contributed by atoms with Crippen molar-refractivity contribution in [1.29, 1.82) is 0 Å². The van der Waals surface area contributed by atoms with Gasteiger partial charge in [0.05, 0.1) is 19.1 Å². The van der Waals surface area contributed by atoms with E-state index in [1.807, 2.05) is 18.4 Å². The standard InChI is InChI=1S/C13H19NO2S/c1-3-5-14-12-8-16-7-11(12)13(15)10-4-6-17-9(10)2/h4,6,11-12,14H,3,5,7-8H2,1-2H3. The van der Waals surface area contributed by atoms with Crippen LogP contribution in [0.1, 0.15) is 28.6 Å². The van der Waals surface area contributed by atoms with Crippen LogP contribution in [-0.2, 0) is 4.74 Å². The highest BCUT2D eigenvalue weighted by Crippen LogP contribution is 2.24. The molecule has 1 aliphatic rings. The SMILES string of the molecule is CCCNC1COCC1C(=O)c1ccsc1C. The first-order valence-electron chi connectivity index (χ1n) is 6.13. The van der Waals surface area contributed by atoms with Crippen LogP contribution in [0.4, 0.5) is 0 Å². The normalized spacial score (nSPS) is 24.1. The van der Waals surface area contributed by atoms with Crippen LogP contribution in [0.15, 0.2) is 11.4 Å². The second-order valence-electron chi connectivity index (χ2n) is 4.46. The number of rotatable bonds is 5. The Bertz CT molecular complexity index is 389. The van der Waals surface area contributed by atoms with Crippen LogP contribution in [0, 0.1) is 12.8 Å². The topological polar surface area (TPSA) is 38.3 Å². The number of carbonyl (C=O) groups is 1. The van der Waals surface area contributed by atoms with Gasteiger partial charge in [-0.3, -0.25) is 4.79 Å². The lowest BCUT2D eigenvalue weighted by molar-refractivity contribution is 0.0891. The number of thiophene rings is 1. The van der Waals surface area contributed by atoms with Gasteiger partial charge in [-0.05, 0) is 31.3 Å². The highest BCUT2D eigenvalue weighted by molar-refractivity contribution is 7.10. The van der Waals surface area contributed by atoms with Gasteiger partial charge in [0, 0.05) is 16.5 Å². The molecule has 1 aromatic heterocycles. The summed E-state index contributed by atoms with van der Waals surface area (Å²) in [5, 5.41) is 5.38. The Labute approximate surface area is 106 Å². The molecule has 0 aliphatic carbocycles. The summed E-state index contributed by atoms with van der Waals surface area (Å²) in [5.41, 5.74) is 0.869. The number of ketones is 1. The van der Waals surface area contributed by atoms with E-state index in [4.69, 9.17) is 4.74 Å². The Morgan fingerprint density at radius 1 is 1.59 bits per heavy atom. The fraction of sp³-hybridized carbons (Fsp3) is 0.615. The Hall–Kier alpha value is -0.710. The molecule has 0 amide bonds. The fourth-order valence-electron chi connectivity index (χ4n) is 2.18. The molecule has 0 radical (unpaired) electrons. The van der Waals surface area contributed by atoms with Gasteiger partial charge in [-0.1, -0.05) is 6.92 Å². The van der Waals surface area contributed by atoms with E-state index >= 15 is 0 Å². The maximum Gasteiger partial charge on any atom is 0.171 e. The van der Waals surface area contributed by atoms with Crippen LogP contribution in [0.5, 0.6) is 0 Å². The van der Waals surface area contributed by atoms with Crippen molar-refractivity contribution in [3.63, 3.8) is 0 Å². The predicted molar refractivity (Wildman–Crippen MR) is 69.8 cm³/mol. The minimum Gasteiger partial charge on any atom is -0.379 e. The average Bonchev–Trinajstić information content (AvgIpc) is 2.94. The molecule has 0 aromatic carbocycles. The summed E-state index contributed by atoms with van der Waals surface area (Å²) in [7, 11) is 0. The van der Waals surface area contributed by atoms with Crippen LogP contribution in [0.3, 0.4) is 0 Å². The van der Waals surface area contributed by atoms with Gasteiger partial charge < -0.3 is 10.1 Å². The lowest BCUT2D eigenvalue weighted by Gasteiger charge is -2.17. The van der Waals surface area contributed by atoms with Crippen molar-refractivity contribution >= 4 is 17.1 Å². The summed E-state index contributed by atoms with van der Waals surface area (Å²) >= 11 is 1.63. The van der Waals surface area contributed by atoms with Gasteiger partial charge >= 0.3 is 0 Å². The molecule has 4 heteroatoms. The van der Waals surface area contributed by atoms with Crippen molar-refractivity contribution in [2.24, 2.45) is 5.92 Å². The average molecular weight is 253 g/mol. The van der Waals surface area contributed by atoms with Crippen LogP contribution >= 0.6 is 11.3 Å². The van der Waals surface area contributed by atoms with Crippen LogP contribution in [0.25, 0.3) is 0 Å². The molecule has 0 saturated carbocycles. The van der Waals surface area contributed by atoms with Gasteiger partial charge in [0.15, 0.2) is 5.78 Å². The maximum absolute atomic E-state index is 12.4. The summed E-state index contributed by atoms with van der Waals surface area (Å²) in [4.78, 5) is 13.5. The highest BCUT2D eigenvalue weighted by Gasteiger charge is 2.34. The molecule has 2 heterocycles. The number of hydrogen-bond acceptors (Lipinski definition) is 4. The highest BCUT2D eigenvalue weighted by atomic mass is 32.1. The molecule has 1 aliphatic heterocycles. The van der Waals surface area contributed by atoms with E-state index in [0.717, 1.165) is 23.4 Å². The summed E-state index contributed by atoms with van der Waals surface area (Å²) < 4.78 is 5.45. The Morgan fingerprint density at radius 3 is 3.06 bits per heavy atom. The molecule has 94 valence electrons. The van der Waals surface area contributed by atoms with Gasteiger partial charge in [0.25, 0.3) is 0 Å².